The summed E-state index contributed by atoms with van der Waals surface area (Å²) in [4.78, 5) is 2.57. The van der Waals surface area contributed by atoms with E-state index in [9.17, 15) is 5.11 Å². The second kappa shape index (κ2) is 5.65. The van der Waals surface area contributed by atoms with Gasteiger partial charge in [0.05, 0.1) is 19.8 Å². The first-order valence-electron chi connectivity index (χ1n) is 6.92. The summed E-state index contributed by atoms with van der Waals surface area (Å²) in [6, 6.07) is 1.07. The van der Waals surface area contributed by atoms with Crippen LogP contribution in [-0.2, 0) is 4.74 Å². The molecule has 3 atom stereocenters. The Morgan fingerprint density at radius 1 is 1.53 bits per heavy atom. The van der Waals surface area contributed by atoms with Crippen LogP contribution in [0, 0.1) is 0 Å². The average Bonchev–Trinajstić information content (AvgIpc) is 2.39. The van der Waals surface area contributed by atoms with Crippen molar-refractivity contribution < 1.29 is 9.84 Å². The summed E-state index contributed by atoms with van der Waals surface area (Å²) < 4.78 is 5.55. The molecule has 1 saturated heterocycles. The predicted molar refractivity (Wildman–Crippen MR) is 67.9 cm³/mol. The Morgan fingerprint density at radius 3 is 3.06 bits per heavy atom. The molecule has 2 fully saturated rings. The molecule has 1 heterocycles. The van der Waals surface area contributed by atoms with Gasteiger partial charge in [-0.2, -0.15) is 0 Å². The van der Waals surface area contributed by atoms with Gasteiger partial charge in [-0.05, 0) is 32.1 Å². The van der Waals surface area contributed by atoms with Crippen molar-refractivity contribution in [1.29, 1.82) is 0 Å². The summed E-state index contributed by atoms with van der Waals surface area (Å²) in [7, 11) is 0. The topological polar surface area (TPSA) is 58.7 Å². The van der Waals surface area contributed by atoms with Crippen LogP contribution in [0.25, 0.3) is 0 Å². The molecule has 1 saturated carbocycles. The number of aliphatic hydroxyl groups is 1. The zero-order chi connectivity index (χ0) is 12.3. The fourth-order valence-electron chi connectivity index (χ4n) is 3.29. The highest BCUT2D eigenvalue weighted by molar-refractivity contribution is 4.95. The summed E-state index contributed by atoms with van der Waals surface area (Å²) in [5, 5.41) is 9.42. The monoisotopic (exact) mass is 242 g/mol. The Balaban J connectivity index is 2.00. The van der Waals surface area contributed by atoms with Gasteiger partial charge in [-0.25, -0.2) is 0 Å². The summed E-state index contributed by atoms with van der Waals surface area (Å²) in [5.41, 5.74) is 5.89. The van der Waals surface area contributed by atoms with Crippen molar-refractivity contribution in [2.75, 3.05) is 26.4 Å². The predicted octanol–water partition coefficient (Wildman–Crippen LogP) is 0.730. The van der Waals surface area contributed by atoms with Crippen LogP contribution < -0.4 is 5.73 Å². The molecule has 0 aromatic carbocycles. The fraction of sp³-hybridized carbons (Fsp3) is 1.00. The Kier molecular flexibility index (Phi) is 4.42. The van der Waals surface area contributed by atoms with Gasteiger partial charge in [-0.15, -0.1) is 0 Å². The molecule has 0 radical (unpaired) electrons. The average molecular weight is 242 g/mol. The highest BCUT2D eigenvalue weighted by Gasteiger charge is 2.37. The minimum absolute atomic E-state index is 0.116. The van der Waals surface area contributed by atoms with E-state index >= 15 is 0 Å². The Labute approximate surface area is 104 Å². The van der Waals surface area contributed by atoms with Gasteiger partial charge in [0.1, 0.15) is 0 Å². The lowest BCUT2D eigenvalue weighted by molar-refractivity contribution is -0.0464. The zero-order valence-electron chi connectivity index (χ0n) is 10.9. The molecule has 0 aromatic heterocycles. The molecule has 0 bridgehead atoms. The zero-order valence-corrected chi connectivity index (χ0v) is 10.9. The molecule has 1 aliphatic heterocycles. The molecule has 3 unspecified atom stereocenters. The van der Waals surface area contributed by atoms with Crippen LogP contribution in [0.3, 0.4) is 0 Å². The number of rotatable bonds is 3. The van der Waals surface area contributed by atoms with E-state index in [0.717, 1.165) is 45.4 Å². The Morgan fingerprint density at radius 2 is 2.35 bits per heavy atom. The van der Waals surface area contributed by atoms with E-state index in [4.69, 9.17) is 10.5 Å². The minimum atomic E-state index is -0.348. The van der Waals surface area contributed by atoms with Crippen molar-refractivity contribution in [3.8, 4) is 0 Å². The van der Waals surface area contributed by atoms with E-state index in [1.807, 2.05) is 0 Å². The molecular weight excluding hydrogens is 216 g/mol. The number of hydrogen-bond donors (Lipinski definition) is 2. The lowest BCUT2D eigenvalue weighted by Crippen LogP contribution is -2.57. The molecule has 0 aromatic rings. The third kappa shape index (κ3) is 2.99. The van der Waals surface area contributed by atoms with Crippen molar-refractivity contribution >= 4 is 0 Å². The molecule has 1 aliphatic carbocycles. The molecule has 0 amide bonds. The normalized spacial score (nSPS) is 40.4. The van der Waals surface area contributed by atoms with E-state index in [2.05, 4.69) is 11.8 Å². The summed E-state index contributed by atoms with van der Waals surface area (Å²) >= 11 is 0. The third-order valence-corrected chi connectivity index (χ3v) is 4.38. The number of hydrogen-bond acceptors (Lipinski definition) is 4. The van der Waals surface area contributed by atoms with E-state index in [0.29, 0.717) is 12.1 Å². The summed E-state index contributed by atoms with van der Waals surface area (Å²) in [6.07, 6.45) is 5.37. The van der Waals surface area contributed by atoms with Crippen LogP contribution in [0.1, 0.15) is 39.0 Å². The Bertz CT molecular complexity index is 250. The molecule has 2 rings (SSSR count). The van der Waals surface area contributed by atoms with Crippen molar-refractivity contribution in [2.45, 2.75) is 56.7 Å². The maximum absolute atomic E-state index is 9.42. The number of nitrogens with two attached hydrogens (primary N) is 1. The van der Waals surface area contributed by atoms with Crippen LogP contribution in [0.5, 0.6) is 0 Å². The van der Waals surface area contributed by atoms with Gasteiger partial charge in [0, 0.05) is 24.2 Å². The van der Waals surface area contributed by atoms with Crippen LogP contribution in [0.2, 0.25) is 0 Å². The smallest absolute Gasteiger partial charge is 0.0622 e. The number of aliphatic hydroxyl groups excluding tert-OH is 1. The first-order chi connectivity index (χ1) is 8.18. The van der Waals surface area contributed by atoms with Crippen LogP contribution in [-0.4, -0.2) is 54.0 Å². The number of morpholine rings is 1. The van der Waals surface area contributed by atoms with Gasteiger partial charge >= 0.3 is 0 Å². The molecule has 3 N–H and O–H groups in total. The summed E-state index contributed by atoms with van der Waals surface area (Å²) in [6.45, 7) is 5.04. The first kappa shape index (κ1) is 13.3. The van der Waals surface area contributed by atoms with Crippen LogP contribution >= 0.6 is 0 Å². The van der Waals surface area contributed by atoms with E-state index < -0.39 is 0 Å². The molecule has 2 aliphatic rings. The Hall–Kier alpha value is -0.160. The van der Waals surface area contributed by atoms with Crippen LogP contribution in [0.15, 0.2) is 0 Å². The fourth-order valence-corrected chi connectivity index (χ4v) is 3.29. The second-order valence-corrected chi connectivity index (χ2v) is 5.65. The molecule has 4 heteroatoms. The quantitative estimate of drug-likeness (QED) is 0.766. The largest absolute Gasteiger partial charge is 0.394 e. The number of nitrogens with zero attached hydrogens (tertiary/aromatic N) is 1. The molecule has 17 heavy (non-hydrogen) atoms. The van der Waals surface area contributed by atoms with Gasteiger partial charge in [0.2, 0.25) is 0 Å². The van der Waals surface area contributed by atoms with Crippen molar-refractivity contribution in [3.05, 3.63) is 0 Å². The van der Waals surface area contributed by atoms with E-state index in [1.165, 1.54) is 6.42 Å². The van der Waals surface area contributed by atoms with Crippen molar-refractivity contribution in [1.82, 2.24) is 4.90 Å². The second-order valence-electron chi connectivity index (χ2n) is 5.65. The van der Waals surface area contributed by atoms with Gasteiger partial charge in [0.25, 0.3) is 0 Å². The van der Waals surface area contributed by atoms with Gasteiger partial charge in [-0.1, -0.05) is 6.92 Å². The maximum Gasteiger partial charge on any atom is 0.0622 e. The SMILES string of the molecule is CCC1COCCN1C1CCCC(N)(CO)C1. The highest BCUT2D eigenvalue weighted by Crippen LogP contribution is 2.31. The van der Waals surface area contributed by atoms with Gasteiger partial charge in [0.15, 0.2) is 0 Å². The minimum Gasteiger partial charge on any atom is -0.394 e. The highest BCUT2D eigenvalue weighted by atomic mass is 16.5. The number of ether oxygens (including phenoxy) is 1. The first-order valence-corrected chi connectivity index (χ1v) is 6.92. The van der Waals surface area contributed by atoms with Crippen molar-refractivity contribution in [3.63, 3.8) is 0 Å². The maximum atomic E-state index is 9.42. The summed E-state index contributed by atoms with van der Waals surface area (Å²) in [5.74, 6) is 0. The molecule has 100 valence electrons. The molecular formula is C13H26N2O2. The standard InChI is InChI=1S/C13H26N2O2/c1-2-11-9-17-7-6-15(11)12-4-3-5-13(14,8-12)10-16/h11-12,16H,2-10,14H2,1H3. The van der Waals surface area contributed by atoms with E-state index in [1.54, 1.807) is 0 Å². The van der Waals surface area contributed by atoms with Crippen molar-refractivity contribution in [2.24, 2.45) is 5.73 Å². The van der Waals surface area contributed by atoms with E-state index in [-0.39, 0.29) is 12.1 Å². The van der Waals surface area contributed by atoms with Gasteiger partial charge in [-0.3, -0.25) is 4.90 Å². The molecule has 4 nitrogen and oxygen atoms in total. The third-order valence-electron chi connectivity index (χ3n) is 4.38. The molecule has 0 spiro atoms. The lowest BCUT2D eigenvalue weighted by atomic mass is 9.79. The van der Waals surface area contributed by atoms with Gasteiger partial charge < -0.3 is 15.6 Å². The lowest BCUT2D eigenvalue weighted by Gasteiger charge is -2.46. The van der Waals surface area contributed by atoms with Crippen LogP contribution in [0.4, 0.5) is 0 Å².